The third kappa shape index (κ3) is 4.70. The first-order valence-electron chi connectivity index (χ1n) is 10.6. The predicted molar refractivity (Wildman–Crippen MR) is 126 cm³/mol. The van der Waals surface area contributed by atoms with Crippen molar-refractivity contribution >= 4 is 72.8 Å². The van der Waals surface area contributed by atoms with E-state index in [1.54, 1.807) is 24.3 Å². The summed E-state index contributed by atoms with van der Waals surface area (Å²) in [5.41, 5.74) is 1.07. The highest BCUT2D eigenvalue weighted by molar-refractivity contribution is 9.12. The van der Waals surface area contributed by atoms with Gasteiger partial charge in [-0.1, -0.05) is 31.9 Å². The van der Waals surface area contributed by atoms with Crippen molar-refractivity contribution in [1.82, 2.24) is 4.90 Å². The summed E-state index contributed by atoms with van der Waals surface area (Å²) in [6.07, 6.45) is 0.681. The van der Waals surface area contributed by atoms with Gasteiger partial charge in [-0.15, -0.1) is 0 Å². The van der Waals surface area contributed by atoms with Crippen LogP contribution in [0.25, 0.3) is 0 Å². The molecule has 33 heavy (non-hydrogen) atoms. The van der Waals surface area contributed by atoms with E-state index in [0.29, 0.717) is 11.4 Å². The Morgan fingerprint density at radius 3 is 2.00 bits per heavy atom. The van der Waals surface area contributed by atoms with Crippen LogP contribution in [0.3, 0.4) is 0 Å². The van der Waals surface area contributed by atoms with Gasteiger partial charge in [-0.2, -0.15) is 0 Å². The van der Waals surface area contributed by atoms with Crippen LogP contribution in [0.4, 0.5) is 11.4 Å². The number of carbonyl (C=O) groups is 5. The first-order chi connectivity index (χ1) is 15.7. The Morgan fingerprint density at radius 2 is 1.48 bits per heavy atom. The van der Waals surface area contributed by atoms with E-state index in [-0.39, 0.29) is 64.0 Å². The zero-order valence-electron chi connectivity index (χ0n) is 17.8. The number of ether oxygens (including phenoxy) is 1. The lowest BCUT2D eigenvalue weighted by atomic mass is 9.81. The van der Waals surface area contributed by atoms with E-state index in [1.165, 1.54) is 11.8 Å². The topological polar surface area (TPSA) is 122 Å². The fraction of sp³-hybridized carbons (Fsp3) is 0.500. The summed E-state index contributed by atoms with van der Waals surface area (Å²) in [5.74, 6) is -2.22. The minimum absolute atomic E-state index is 0.0466. The molecule has 2 N–H and O–H groups in total. The Bertz CT molecular complexity index is 968. The predicted octanol–water partition coefficient (Wildman–Crippen LogP) is 2.29. The molecule has 3 fully saturated rings. The maximum absolute atomic E-state index is 12.8. The van der Waals surface area contributed by atoms with Crippen molar-refractivity contribution < 1.29 is 28.7 Å². The van der Waals surface area contributed by atoms with Gasteiger partial charge < -0.3 is 15.4 Å². The molecule has 2 saturated carbocycles. The molecule has 1 heterocycles. The highest BCUT2D eigenvalue weighted by atomic mass is 79.9. The minimum atomic E-state index is -0.663. The van der Waals surface area contributed by atoms with E-state index >= 15 is 0 Å². The maximum atomic E-state index is 12.8. The molecular weight excluding hydrogens is 562 g/mol. The third-order valence-electron chi connectivity index (χ3n) is 6.47. The number of likely N-dealkylation sites (tertiary alicyclic amines) is 1. The largest absolute Gasteiger partial charge is 0.456 e. The molecule has 6 atom stereocenters. The zero-order valence-corrected chi connectivity index (χ0v) is 20.9. The average molecular weight is 585 g/mol. The quantitative estimate of drug-likeness (QED) is 0.288. The van der Waals surface area contributed by atoms with Gasteiger partial charge in [-0.05, 0) is 42.5 Å². The molecular formula is C22H23Br2N3O6. The Morgan fingerprint density at radius 1 is 0.970 bits per heavy atom. The van der Waals surface area contributed by atoms with Crippen molar-refractivity contribution in [3.05, 3.63) is 24.3 Å². The average Bonchev–Trinajstić information content (AvgIpc) is 3.37. The molecule has 1 saturated heterocycles. The first-order valence-corrected chi connectivity index (χ1v) is 12.5. The van der Waals surface area contributed by atoms with Crippen LogP contribution in [-0.2, 0) is 28.7 Å². The second-order valence-corrected chi connectivity index (χ2v) is 10.7. The molecule has 1 aromatic carbocycles. The number of nitrogens with zero attached hydrogens (tertiary/aromatic N) is 1. The van der Waals surface area contributed by atoms with Crippen LogP contribution < -0.4 is 10.6 Å². The number of fused-ring (bicyclic) bond motifs is 5. The maximum Gasteiger partial charge on any atom is 0.308 e. The van der Waals surface area contributed by atoms with E-state index in [0.717, 1.165) is 6.42 Å². The number of hydrogen-bond acceptors (Lipinski definition) is 6. The number of halogens is 2. The van der Waals surface area contributed by atoms with Gasteiger partial charge in [-0.25, -0.2) is 0 Å². The number of amides is 4. The van der Waals surface area contributed by atoms with Crippen molar-refractivity contribution in [2.75, 3.05) is 23.8 Å². The molecule has 4 rings (SSSR count). The van der Waals surface area contributed by atoms with Crippen LogP contribution in [-0.4, -0.2) is 57.3 Å². The number of nitrogens with one attached hydrogen (secondary N) is 2. The van der Waals surface area contributed by atoms with Gasteiger partial charge in [-0.3, -0.25) is 28.9 Å². The standard InChI is InChI=1S/C22H23Br2N3O6/c1-10(28)25-11-2-4-12(5-3-11)26-15(29)9-33-16(30)6-7-27-21(31)17-13-8-14(18(17)22(27)32)20(24)19(13)23/h2-5,13-14,17-20H,6-9H2,1H3,(H,25,28)(H,26,29)/t13-,14-,17-,18-,19+,20+/m1/s1. The van der Waals surface area contributed by atoms with E-state index in [1.807, 2.05) is 0 Å². The van der Waals surface area contributed by atoms with Gasteiger partial charge in [0.1, 0.15) is 0 Å². The lowest BCUT2D eigenvalue weighted by Gasteiger charge is -2.28. The molecule has 4 amide bonds. The van der Waals surface area contributed by atoms with Gasteiger partial charge in [0.15, 0.2) is 6.61 Å². The number of imide groups is 1. The summed E-state index contributed by atoms with van der Waals surface area (Å²) in [7, 11) is 0. The first kappa shape index (κ1) is 23.9. The zero-order chi connectivity index (χ0) is 23.9. The normalized spacial score (nSPS) is 29.7. The molecule has 0 unspecified atom stereocenters. The van der Waals surface area contributed by atoms with Crippen molar-refractivity contribution in [1.29, 1.82) is 0 Å². The van der Waals surface area contributed by atoms with E-state index < -0.39 is 18.5 Å². The monoisotopic (exact) mass is 583 g/mol. The number of rotatable bonds is 7. The van der Waals surface area contributed by atoms with Crippen LogP contribution in [0.5, 0.6) is 0 Å². The van der Waals surface area contributed by atoms with Gasteiger partial charge >= 0.3 is 5.97 Å². The molecule has 2 bridgehead atoms. The van der Waals surface area contributed by atoms with Crippen molar-refractivity contribution in [2.45, 2.75) is 29.4 Å². The van der Waals surface area contributed by atoms with Crippen molar-refractivity contribution in [3.8, 4) is 0 Å². The molecule has 1 aliphatic heterocycles. The summed E-state index contributed by atoms with van der Waals surface area (Å²) in [6.45, 7) is 0.863. The Labute approximate surface area is 207 Å². The molecule has 176 valence electrons. The van der Waals surface area contributed by atoms with Crippen LogP contribution >= 0.6 is 31.9 Å². The molecule has 0 radical (unpaired) electrons. The number of hydrogen-bond donors (Lipinski definition) is 2. The third-order valence-corrected chi connectivity index (χ3v) is 9.68. The SMILES string of the molecule is CC(=O)Nc1ccc(NC(=O)COC(=O)CCN2C(=O)[C@@H]3[C@H]4C[C@@H]([C@H](Br)[C@H]4Br)[C@H]3C2=O)cc1. The van der Waals surface area contributed by atoms with Crippen molar-refractivity contribution in [3.63, 3.8) is 0 Å². The summed E-state index contributed by atoms with van der Waals surface area (Å²) in [4.78, 5) is 62.3. The Hall–Kier alpha value is -2.27. The molecule has 0 spiro atoms. The smallest absolute Gasteiger partial charge is 0.308 e. The van der Waals surface area contributed by atoms with Crippen LogP contribution in [0.1, 0.15) is 19.8 Å². The van der Waals surface area contributed by atoms with Gasteiger partial charge in [0, 0.05) is 34.5 Å². The number of anilines is 2. The second kappa shape index (κ2) is 9.54. The number of esters is 1. The van der Waals surface area contributed by atoms with Gasteiger partial charge in [0.2, 0.25) is 17.7 Å². The van der Waals surface area contributed by atoms with Crippen LogP contribution in [0, 0.1) is 23.7 Å². The highest BCUT2D eigenvalue weighted by Crippen LogP contribution is 2.60. The van der Waals surface area contributed by atoms with Crippen molar-refractivity contribution in [2.24, 2.45) is 23.7 Å². The summed E-state index contributed by atoms with van der Waals surface area (Å²) >= 11 is 7.28. The molecule has 9 nitrogen and oxygen atoms in total. The van der Waals surface area contributed by atoms with E-state index in [9.17, 15) is 24.0 Å². The molecule has 11 heteroatoms. The lowest BCUT2D eigenvalue weighted by Crippen LogP contribution is -2.37. The fourth-order valence-corrected chi connectivity index (χ4v) is 6.96. The fourth-order valence-electron chi connectivity index (χ4n) is 5.09. The summed E-state index contributed by atoms with van der Waals surface area (Å²) in [5, 5.41) is 5.20. The summed E-state index contributed by atoms with van der Waals surface area (Å²) in [6, 6.07) is 6.47. The number of benzene rings is 1. The Kier molecular flexibility index (Phi) is 6.90. The van der Waals surface area contributed by atoms with Crippen LogP contribution in [0.2, 0.25) is 0 Å². The van der Waals surface area contributed by atoms with E-state index in [4.69, 9.17) is 4.74 Å². The second-order valence-electron chi connectivity index (χ2n) is 8.55. The lowest BCUT2D eigenvalue weighted by molar-refractivity contribution is -0.149. The molecule has 0 aromatic heterocycles. The van der Waals surface area contributed by atoms with Gasteiger partial charge in [0.25, 0.3) is 5.91 Å². The van der Waals surface area contributed by atoms with Gasteiger partial charge in [0.05, 0.1) is 18.3 Å². The highest BCUT2D eigenvalue weighted by Gasteiger charge is 2.66. The van der Waals surface area contributed by atoms with Crippen LogP contribution in [0.15, 0.2) is 24.3 Å². The van der Waals surface area contributed by atoms with E-state index in [2.05, 4.69) is 42.5 Å². The molecule has 3 aliphatic rings. The minimum Gasteiger partial charge on any atom is -0.456 e. The molecule has 1 aromatic rings. The summed E-state index contributed by atoms with van der Waals surface area (Å²) < 4.78 is 4.99. The Balaban J connectivity index is 1.22. The number of carbonyl (C=O) groups excluding carboxylic acids is 5. The number of alkyl halides is 2. The molecule has 2 aliphatic carbocycles.